The SMILES string of the molecule is CC(=O)N1CCC(NC(CN(C)C)c2ccccc2)CC1. The largest absolute Gasteiger partial charge is 0.343 e. The minimum absolute atomic E-state index is 0.196. The van der Waals surface area contributed by atoms with E-state index in [1.807, 2.05) is 4.90 Å². The van der Waals surface area contributed by atoms with Crippen LogP contribution in [-0.4, -0.2) is 55.5 Å². The first kappa shape index (κ1) is 16.0. The first-order valence-electron chi connectivity index (χ1n) is 7.77. The first-order chi connectivity index (χ1) is 10.1. The van der Waals surface area contributed by atoms with E-state index in [2.05, 4.69) is 54.6 Å². The Bertz CT molecular complexity index is 439. The average Bonchev–Trinajstić information content (AvgIpc) is 2.47. The number of nitrogens with one attached hydrogen (secondary N) is 1. The maximum absolute atomic E-state index is 11.4. The van der Waals surface area contributed by atoms with Crippen LogP contribution >= 0.6 is 0 Å². The standard InChI is InChI=1S/C17H27N3O/c1-14(21)20-11-9-16(10-12-20)18-17(13-19(2)3)15-7-5-4-6-8-15/h4-8,16-18H,9-13H2,1-3H3. The van der Waals surface area contributed by atoms with Crippen molar-refractivity contribution in [1.29, 1.82) is 0 Å². The van der Waals surface area contributed by atoms with E-state index in [4.69, 9.17) is 0 Å². The molecular formula is C17H27N3O. The molecule has 0 aromatic heterocycles. The number of amides is 1. The van der Waals surface area contributed by atoms with Crippen molar-refractivity contribution in [2.75, 3.05) is 33.7 Å². The fourth-order valence-corrected chi connectivity index (χ4v) is 2.95. The highest BCUT2D eigenvalue weighted by Crippen LogP contribution is 2.18. The first-order valence-corrected chi connectivity index (χ1v) is 7.77. The number of benzene rings is 1. The molecule has 1 atom stereocenters. The van der Waals surface area contributed by atoms with E-state index in [9.17, 15) is 4.79 Å². The third-order valence-corrected chi connectivity index (χ3v) is 4.13. The van der Waals surface area contributed by atoms with E-state index >= 15 is 0 Å². The summed E-state index contributed by atoms with van der Waals surface area (Å²) in [6.45, 7) is 4.39. The lowest BCUT2D eigenvalue weighted by Crippen LogP contribution is -2.46. The van der Waals surface area contributed by atoms with Gasteiger partial charge in [0.25, 0.3) is 0 Å². The number of piperidine rings is 1. The van der Waals surface area contributed by atoms with Gasteiger partial charge in [-0.25, -0.2) is 0 Å². The highest BCUT2D eigenvalue weighted by atomic mass is 16.2. The van der Waals surface area contributed by atoms with Gasteiger partial charge < -0.3 is 15.1 Å². The summed E-state index contributed by atoms with van der Waals surface area (Å²) in [5.41, 5.74) is 1.33. The van der Waals surface area contributed by atoms with E-state index in [0.717, 1.165) is 32.5 Å². The van der Waals surface area contributed by atoms with Gasteiger partial charge >= 0.3 is 0 Å². The lowest BCUT2D eigenvalue weighted by molar-refractivity contribution is -0.129. The number of likely N-dealkylation sites (tertiary alicyclic amines) is 1. The molecule has 0 radical (unpaired) electrons. The monoisotopic (exact) mass is 289 g/mol. The summed E-state index contributed by atoms with van der Waals surface area (Å²) < 4.78 is 0. The van der Waals surface area contributed by atoms with Crippen LogP contribution in [0.3, 0.4) is 0 Å². The molecule has 0 bridgehead atoms. The summed E-state index contributed by atoms with van der Waals surface area (Å²) in [5, 5.41) is 3.78. The molecule has 1 aromatic rings. The number of nitrogens with zero attached hydrogens (tertiary/aromatic N) is 2. The molecule has 1 saturated heterocycles. The summed E-state index contributed by atoms with van der Waals surface area (Å²) in [6.07, 6.45) is 2.08. The molecule has 0 spiro atoms. The third kappa shape index (κ3) is 4.83. The maximum Gasteiger partial charge on any atom is 0.219 e. The Kier molecular flexibility index (Phi) is 5.76. The quantitative estimate of drug-likeness (QED) is 0.899. The van der Waals surface area contributed by atoms with Crippen molar-refractivity contribution in [2.45, 2.75) is 31.8 Å². The van der Waals surface area contributed by atoms with Gasteiger partial charge in [-0.2, -0.15) is 0 Å². The second kappa shape index (κ2) is 7.57. The topological polar surface area (TPSA) is 35.6 Å². The van der Waals surface area contributed by atoms with Crippen LogP contribution in [0.25, 0.3) is 0 Å². The van der Waals surface area contributed by atoms with Crippen LogP contribution in [0.1, 0.15) is 31.4 Å². The third-order valence-electron chi connectivity index (χ3n) is 4.13. The van der Waals surface area contributed by atoms with Gasteiger partial charge in [-0.05, 0) is 32.5 Å². The molecule has 1 aliphatic rings. The lowest BCUT2D eigenvalue weighted by atomic mass is 10.0. The number of hydrogen-bond acceptors (Lipinski definition) is 3. The van der Waals surface area contributed by atoms with Gasteiger partial charge in [-0.1, -0.05) is 30.3 Å². The Morgan fingerprint density at radius 1 is 1.29 bits per heavy atom. The van der Waals surface area contributed by atoms with Crippen molar-refractivity contribution in [3.8, 4) is 0 Å². The minimum atomic E-state index is 0.196. The highest BCUT2D eigenvalue weighted by Gasteiger charge is 2.23. The molecule has 0 saturated carbocycles. The van der Waals surface area contributed by atoms with Crippen LogP contribution in [0, 0.1) is 0 Å². The second-order valence-corrected chi connectivity index (χ2v) is 6.17. The molecule has 116 valence electrons. The van der Waals surface area contributed by atoms with Crippen LogP contribution in [0.4, 0.5) is 0 Å². The zero-order chi connectivity index (χ0) is 15.2. The summed E-state index contributed by atoms with van der Waals surface area (Å²) >= 11 is 0. The smallest absolute Gasteiger partial charge is 0.219 e. The van der Waals surface area contributed by atoms with Crippen molar-refractivity contribution in [1.82, 2.24) is 15.1 Å². The Balaban J connectivity index is 1.95. The molecule has 1 aromatic carbocycles. The molecule has 1 amide bonds. The molecule has 4 heteroatoms. The van der Waals surface area contributed by atoms with E-state index in [0.29, 0.717) is 12.1 Å². The van der Waals surface area contributed by atoms with Gasteiger partial charge in [-0.15, -0.1) is 0 Å². The molecule has 1 N–H and O–H groups in total. The molecule has 1 fully saturated rings. The van der Waals surface area contributed by atoms with Crippen LogP contribution < -0.4 is 5.32 Å². The Hall–Kier alpha value is -1.39. The normalized spacial score (nSPS) is 18.0. The summed E-state index contributed by atoms with van der Waals surface area (Å²) in [5.74, 6) is 0.196. The van der Waals surface area contributed by atoms with E-state index in [-0.39, 0.29) is 5.91 Å². The zero-order valence-corrected chi connectivity index (χ0v) is 13.4. The predicted octanol–water partition coefficient (Wildman–Crippen LogP) is 1.89. The van der Waals surface area contributed by atoms with Crippen LogP contribution in [0.2, 0.25) is 0 Å². The van der Waals surface area contributed by atoms with Crippen molar-refractivity contribution in [3.63, 3.8) is 0 Å². The van der Waals surface area contributed by atoms with Crippen LogP contribution in [0.15, 0.2) is 30.3 Å². The van der Waals surface area contributed by atoms with Gasteiger partial charge in [0.15, 0.2) is 0 Å². The van der Waals surface area contributed by atoms with Crippen LogP contribution in [-0.2, 0) is 4.79 Å². The minimum Gasteiger partial charge on any atom is -0.343 e. The molecule has 1 unspecified atom stereocenters. The molecule has 21 heavy (non-hydrogen) atoms. The van der Waals surface area contributed by atoms with Crippen molar-refractivity contribution in [2.24, 2.45) is 0 Å². The number of carbonyl (C=O) groups excluding carboxylic acids is 1. The Labute approximate surface area is 128 Å². The summed E-state index contributed by atoms with van der Waals surface area (Å²) in [7, 11) is 4.21. The molecular weight excluding hydrogens is 262 g/mol. The van der Waals surface area contributed by atoms with Gasteiger partial charge in [-0.3, -0.25) is 4.79 Å². The van der Waals surface area contributed by atoms with Crippen molar-refractivity contribution < 1.29 is 4.79 Å². The Morgan fingerprint density at radius 2 is 1.90 bits per heavy atom. The van der Waals surface area contributed by atoms with Gasteiger partial charge in [0.2, 0.25) is 5.91 Å². The Morgan fingerprint density at radius 3 is 2.43 bits per heavy atom. The second-order valence-electron chi connectivity index (χ2n) is 6.17. The number of hydrogen-bond donors (Lipinski definition) is 1. The van der Waals surface area contributed by atoms with Gasteiger partial charge in [0.1, 0.15) is 0 Å². The molecule has 0 aliphatic carbocycles. The van der Waals surface area contributed by atoms with E-state index in [1.54, 1.807) is 6.92 Å². The van der Waals surface area contributed by atoms with Crippen LogP contribution in [0.5, 0.6) is 0 Å². The fraction of sp³-hybridized carbons (Fsp3) is 0.588. The highest BCUT2D eigenvalue weighted by molar-refractivity contribution is 5.73. The predicted molar refractivity (Wildman–Crippen MR) is 86.1 cm³/mol. The number of carbonyl (C=O) groups is 1. The summed E-state index contributed by atoms with van der Waals surface area (Å²) in [6, 6.07) is 11.5. The molecule has 1 heterocycles. The van der Waals surface area contributed by atoms with E-state index in [1.165, 1.54) is 5.56 Å². The molecule has 4 nitrogen and oxygen atoms in total. The average molecular weight is 289 g/mol. The zero-order valence-electron chi connectivity index (χ0n) is 13.4. The van der Waals surface area contributed by atoms with Crippen molar-refractivity contribution >= 4 is 5.91 Å². The van der Waals surface area contributed by atoms with Gasteiger partial charge in [0.05, 0.1) is 0 Å². The number of likely N-dealkylation sites (N-methyl/N-ethyl adjacent to an activating group) is 1. The molecule has 2 rings (SSSR count). The number of rotatable bonds is 5. The fourth-order valence-electron chi connectivity index (χ4n) is 2.95. The maximum atomic E-state index is 11.4. The molecule has 1 aliphatic heterocycles. The van der Waals surface area contributed by atoms with Crippen molar-refractivity contribution in [3.05, 3.63) is 35.9 Å². The van der Waals surface area contributed by atoms with Gasteiger partial charge in [0, 0.05) is 38.6 Å². The van der Waals surface area contributed by atoms with E-state index < -0.39 is 0 Å². The lowest BCUT2D eigenvalue weighted by Gasteiger charge is -2.35. The summed E-state index contributed by atoms with van der Waals surface area (Å²) in [4.78, 5) is 15.6.